The maximum atomic E-state index is 5.77. The first kappa shape index (κ1) is 15.0. The molecule has 1 aliphatic heterocycles. The zero-order chi connectivity index (χ0) is 15.2. The first-order chi connectivity index (χ1) is 10.8. The van der Waals surface area contributed by atoms with E-state index in [2.05, 4.69) is 27.5 Å². The van der Waals surface area contributed by atoms with Crippen molar-refractivity contribution in [2.75, 3.05) is 13.2 Å². The average molecular weight is 301 g/mol. The fraction of sp³-hybridized carbons (Fsp3) is 0.562. The maximum absolute atomic E-state index is 5.77. The minimum absolute atomic E-state index is 0.472. The number of rotatable bonds is 8. The van der Waals surface area contributed by atoms with Crippen LogP contribution in [0.5, 0.6) is 5.75 Å². The molecule has 22 heavy (non-hydrogen) atoms. The van der Waals surface area contributed by atoms with Crippen LogP contribution in [0, 0.1) is 0 Å². The van der Waals surface area contributed by atoms with E-state index in [1.165, 1.54) is 19.3 Å². The van der Waals surface area contributed by atoms with Gasteiger partial charge in [-0.05, 0) is 25.8 Å². The molecule has 3 heterocycles. The molecule has 0 radical (unpaired) electrons. The van der Waals surface area contributed by atoms with Gasteiger partial charge in [0.15, 0.2) is 0 Å². The van der Waals surface area contributed by atoms with Crippen molar-refractivity contribution < 1.29 is 4.74 Å². The Bertz CT molecular complexity index is 594. The van der Waals surface area contributed by atoms with E-state index in [1.54, 1.807) is 17.1 Å². The minimum atomic E-state index is 0.472. The summed E-state index contributed by atoms with van der Waals surface area (Å²) in [6.07, 6.45) is 11.2. The van der Waals surface area contributed by atoms with E-state index in [0.717, 1.165) is 36.5 Å². The number of hydrogen-bond acceptors (Lipinski definition) is 5. The van der Waals surface area contributed by atoms with Crippen LogP contribution in [0.4, 0.5) is 0 Å². The first-order valence-corrected chi connectivity index (χ1v) is 8.08. The Morgan fingerprint density at radius 1 is 1.36 bits per heavy atom. The largest absolute Gasteiger partial charge is 0.490 e. The molecular weight excluding hydrogens is 278 g/mol. The molecule has 1 fully saturated rings. The molecule has 2 aromatic heterocycles. The number of nitrogens with zero attached hydrogens (tertiary/aromatic N) is 4. The Balaban J connectivity index is 1.61. The topological polar surface area (TPSA) is 64.9 Å². The third-order valence-electron chi connectivity index (χ3n) is 3.92. The van der Waals surface area contributed by atoms with Crippen LogP contribution in [-0.2, 0) is 6.42 Å². The number of unbranched alkanes of at least 4 members (excludes halogenated alkanes) is 2. The van der Waals surface area contributed by atoms with Crippen LogP contribution in [0.2, 0.25) is 0 Å². The number of pyridine rings is 1. The normalized spacial score (nSPS) is 17.2. The van der Waals surface area contributed by atoms with Crippen LogP contribution >= 0.6 is 0 Å². The molecule has 2 aromatic rings. The summed E-state index contributed by atoms with van der Waals surface area (Å²) >= 11 is 0. The Morgan fingerprint density at radius 2 is 2.27 bits per heavy atom. The lowest BCUT2D eigenvalue weighted by Gasteiger charge is -2.27. The second-order valence-electron chi connectivity index (χ2n) is 5.74. The average Bonchev–Trinajstić information content (AvgIpc) is 2.95. The third kappa shape index (κ3) is 3.82. The Hall–Kier alpha value is -1.95. The summed E-state index contributed by atoms with van der Waals surface area (Å²) in [5, 5.41) is 11.7. The van der Waals surface area contributed by atoms with Crippen molar-refractivity contribution in [2.45, 2.75) is 45.1 Å². The molecule has 0 saturated carbocycles. The molecule has 0 amide bonds. The van der Waals surface area contributed by atoms with Gasteiger partial charge in [0.25, 0.3) is 0 Å². The molecule has 6 heteroatoms. The van der Waals surface area contributed by atoms with E-state index in [-0.39, 0.29) is 0 Å². The highest BCUT2D eigenvalue weighted by Crippen LogP contribution is 2.16. The van der Waals surface area contributed by atoms with Crippen LogP contribution < -0.4 is 10.1 Å². The molecule has 6 nitrogen and oxygen atoms in total. The van der Waals surface area contributed by atoms with Crippen molar-refractivity contribution in [3.8, 4) is 11.4 Å². The molecule has 1 aliphatic rings. The maximum Gasteiger partial charge on any atom is 0.139 e. The molecule has 0 spiro atoms. The number of ether oxygens (including phenoxy) is 1. The summed E-state index contributed by atoms with van der Waals surface area (Å²) in [5.41, 5.74) is 1.91. The number of aromatic nitrogens is 4. The zero-order valence-electron chi connectivity index (χ0n) is 13.0. The summed E-state index contributed by atoms with van der Waals surface area (Å²) in [6.45, 7) is 3.98. The van der Waals surface area contributed by atoms with Gasteiger partial charge in [0.05, 0.1) is 30.0 Å². The Labute approximate surface area is 130 Å². The summed E-state index contributed by atoms with van der Waals surface area (Å²) in [6, 6.07) is 2.43. The van der Waals surface area contributed by atoms with Crippen LogP contribution in [0.3, 0.4) is 0 Å². The van der Waals surface area contributed by atoms with Crippen molar-refractivity contribution in [1.29, 1.82) is 0 Å². The van der Waals surface area contributed by atoms with E-state index < -0.39 is 0 Å². The van der Waals surface area contributed by atoms with Gasteiger partial charge in [-0.25, -0.2) is 4.68 Å². The van der Waals surface area contributed by atoms with Gasteiger partial charge in [0.2, 0.25) is 0 Å². The smallest absolute Gasteiger partial charge is 0.139 e. The van der Waals surface area contributed by atoms with E-state index >= 15 is 0 Å². The molecule has 1 atom stereocenters. The van der Waals surface area contributed by atoms with Crippen LogP contribution in [0.15, 0.2) is 24.7 Å². The van der Waals surface area contributed by atoms with Gasteiger partial charge in [-0.3, -0.25) is 4.98 Å². The van der Waals surface area contributed by atoms with Gasteiger partial charge in [0.1, 0.15) is 12.4 Å². The molecular formula is C16H23N5O. The molecule has 1 N–H and O–H groups in total. The predicted molar refractivity (Wildman–Crippen MR) is 84.3 cm³/mol. The van der Waals surface area contributed by atoms with Crippen molar-refractivity contribution in [2.24, 2.45) is 0 Å². The van der Waals surface area contributed by atoms with Crippen LogP contribution in [0.1, 0.15) is 38.3 Å². The lowest BCUT2D eigenvalue weighted by Crippen LogP contribution is -2.46. The van der Waals surface area contributed by atoms with Crippen molar-refractivity contribution in [3.63, 3.8) is 0 Å². The molecule has 0 aromatic carbocycles. The zero-order valence-corrected chi connectivity index (χ0v) is 13.0. The Kier molecular flexibility index (Phi) is 5.00. The summed E-state index contributed by atoms with van der Waals surface area (Å²) in [4.78, 5) is 4.23. The molecule has 0 aliphatic carbocycles. The van der Waals surface area contributed by atoms with E-state index in [9.17, 15) is 0 Å². The van der Waals surface area contributed by atoms with Crippen LogP contribution in [-0.4, -0.2) is 39.2 Å². The molecule has 3 rings (SSSR count). The van der Waals surface area contributed by atoms with Gasteiger partial charge in [0, 0.05) is 12.1 Å². The molecule has 118 valence electrons. The quantitative estimate of drug-likeness (QED) is 0.757. The van der Waals surface area contributed by atoms with E-state index in [4.69, 9.17) is 4.74 Å². The van der Waals surface area contributed by atoms with Gasteiger partial charge in [-0.15, -0.1) is 5.10 Å². The second kappa shape index (κ2) is 7.35. The fourth-order valence-corrected chi connectivity index (χ4v) is 2.39. The predicted octanol–water partition coefficient (Wildman–Crippen LogP) is 2.14. The number of aryl methyl sites for hydroxylation is 1. The van der Waals surface area contributed by atoms with Gasteiger partial charge < -0.3 is 10.1 Å². The van der Waals surface area contributed by atoms with Gasteiger partial charge in [-0.2, -0.15) is 0 Å². The monoisotopic (exact) mass is 301 g/mol. The SMILES string of the molecule is CCCCCc1cn(-c2cncc(OC[C@@H]3CCN3)c2)nn1. The van der Waals surface area contributed by atoms with Crippen molar-refractivity contribution in [3.05, 3.63) is 30.4 Å². The van der Waals surface area contributed by atoms with E-state index in [1.807, 2.05) is 12.3 Å². The molecule has 0 unspecified atom stereocenters. The van der Waals surface area contributed by atoms with Gasteiger partial charge in [-0.1, -0.05) is 25.0 Å². The van der Waals surface area contributed by atoms with Crippen molar-refractivity contribution in [1.82, 2.24) is 25.3 Å². The standard InChI is InChI=1S/C16H23N5O/c1-2-3-4-5-13-11-21(20-19-13)15-8-16(10-17-9-15)22-12-14-6-7-18-14/h8-11,14,18H,2-7,12H2,1H3/t14-/m0/s1. The molecule has 1 saturated heterocycles. The minimum Gasteiger partial charge on any atom is -0.490 e. The Morgan fingerprint density at radius 3 is 3.05 bits per heavy atom. The van der Waals surface area contributed by atoms with E-state index in [0.29, 0.717) is 12.6 Å². The number of nitrogens with one attached hydrogen (secondary N) is 1. The second-order valence-corrected chi connectivity index (χ2v) is 5.74. The first-order valence-electron chi connectivity index (χ1n) is 8.08. The highest BCUT2D eigenvalue weighted by atomic mass is 16.5. The summed E-state index contributed by atoms with van der Waals surface area (Å²) in [5.74, 6) is 0.772. The fourth-order valence-electron chi connectivity index (χ4n) is 2.39. The highest BCUT2D eigenvalue weighted by Gasteiger charge is 2.16. The lowest BCUT2D eigenvalue weighted by molar-refractivity contribution is 0.217. The summed E-state index contributed by atoms with van der Waals surface area (Å²) < 4.78 is 7.54. The molecule has 0 bridgehead atoms. The highest BCUT2D eigenvalue weighted by molar-refractivity contribution is 5.34. The number of hydrogen-bond donors (Lipinski definition) is 1. The van der Waals surface area contributed by atoms with Crippen LogP contribution in [0.25, 0.3) is 5.69 Å². The van der Waals surface area contributed by atoms with Crippen molar-refractivity contribution >= 4 is 0 Å². The lowest BCUT2D eigenvalue weighted by atomic mass is 10.1. The summed E-state index contributed by atoms with van der Waals surface area (Å²) in [7, 11) is 0. The van der Waals surface area contributed by atoms with Gasteiger partial charge >= 0.3 is 0 Å². The third-order valence-corrected chi connectivity index (χ3v) is 3.92.